The lowest BCUT2D eigenvalue weighted by Gasteiger charge is -2.14. The molecular formula is C13H12F3N3. The molecule has 0 aliphatic heterocycles. The van der Waals surface area contributed by atoms with Gasteiger partial charge in [-0.2, -0.15) is 13.2 Å². The number of halogens is 3. The fourth-order valence-corrected chi connectivity index (χ4v) is 1.61. The molecule has 19 heavy (non-hydrogen) atoms. The molecule has 1 aromatic heterocycles. The van der Waals surface area contributed by atoms with Gasteiger partial charge in [0.05, 0.1) is 23.1 Å². The first kappa shape index (κ1) is 13.2. The molecule has 6 heteroatoms. The van der Waals surface area contributed by atoms with Crippen molar-refractivity contribution in [2.45, 2.75) is 13.1 Å². The predicted molar refractivity (Wildman–Crippen MR) is 68.1 cm³/mol. The lowest BCUT2D eigenvalue weighted by Crippen LogP contribution is -2.09. The summed E-state index contributed by atoms with van der Waals surface area (Å²) in [6.45, 7) is 1.76. The van der Waals surface area contributed by atoms with Crippen molar-refractivity contribution >= 4 is 17.2 Å². The van der Waals surface area contributed by atoms with Crippen LogP contribution in [0.25, 0.3) is 0 Å². The van der Waals surface area contributed by atoms with Crippen LogP contribution < -0.4 is 11.1 Å². The number of hydrogen-bond acceptors (Lipinski definition) is 3. The number of anilines is 3. The summed E-state index contributed by atoms with van der Waals surface area (Å²) in [6.07, 6.45) is -3.00. The normalized spacial score (nSPS) is 11.4. The number of pyridine rings is 1. The monoisotopic (exact) mass is 267 g/mol. The van der Waals surface area contributed by atoms with Crippen molar-refractivity contribution in [3.63, 3.8) is 0 Å². The van der Waals surface area contributed by atoms with Gasteiger partial charge in [0.2, 0.25) is 0 Å². The van der Waals surface area contributed by atoms with Gasteiger partial charge in [0.15, 0.2) is 0 Å². The first-order valence-corrected chi connectivity index (χ1v) is 5.53. The first-order chi connectivity index (χ1) is 8.88. The van der Waals surface area contributed by atoms with Crippen LogP contribution in [0.1, 0.15) is 11.1 Å². The van der Waals surface area contributed by atoms with E-state index in [-0.39, 0.29) is 5.69 Å². The van der Waals surface area contributed by atoms with Crippen LogP contribution in [0.15, 0.2) is 36.5 Å². The summed E-state index contributed by atoms with van der Waals surface area (Å²) in [5.74, 6) is 0.323. The van der Waals surface area contributed by atoms with Crippen LogP contribution in [0.2, 0.25) is 0 Å². The molecule has 0 bridgehead atoms. The molecule has 0 aliphatic rings. The van der Waals surface area contributed by atoms with E-state index in [2.05, 4.69) is 10.3 Å². The molecule has 3 N–H and O–H groups in total. The van der Waals surface area contributed by atoms with Gasteiger partial charge >= 0.3 is 6.18 Å². The van der Waals surface area contributed by atoms with Crippen LogP contribution in [-0.2, 0) is 6.18 Å². The maximum absolute atomic E-state index is 12.8. The van der Waals surface area contributed by atoms with Crippen LogP contribution in [0.4, 0.5) is 30.4 Å². The van der Waals surface area contributed by atoms with Crippen molar-refractivity contribution < 1.29 is 13.2 Å². The molecule has 2 rings (SSSR count). The molecule has 1 heterocycles. The minimum atomic E-state index is -4.41. The topological polar surface area (TPSA) is 50.9 Å². The average Bonchev–Trinajstić information content (AvgIpc) is 2.33. The summed E-state index contributed by atoms with van der Waals surface area (Å²) in [7, 11) is 0. The molecule has 2 aromatic rings. The SMILES string of the molecule is Cc1cc(Nc2ccccc2C(F)(F)F)ncc1N. The Morgan fingerprint density at radius 3 is 2.53 bits per heavy atom. The van der Waals surface area contributed by atoms with Crippen molar-refractivity contribution in [1.82, 2.24) is 4.98 Å². The molecule has 0 saturated heterocycles. The van der Waals surface area contributed by atoms with E-state index in [1.54, 1.807) is 13.0 Å². The second kappa shape index (κ2) is 4.79. The molecule has 0 atom stereocenters. The van der Waals surface area contributed by atoms with Gasteiger partial charge in [-0.25, -0.2) is 4.98 Å². The van der Waals surface area contributed by atoms with E-state index in [1.165, 1.54) is 24.4 Å². The molecule has 0 radical (unpaired) electrons. The zero-order valence-corrected chi connectivity index (χ0v) is 10.1. The number of nitrogens with two attached hydrogens (primary N) is 1. The molecule has 3 nitrogen and oxygen atoms in total. The van der Waals surface area contributed by atoms with Gasteiger partial charge in [0.1, 0.15) is 5.82 Å². The number of rotatable bonds is 2. The minimum Gasteiger partial charge on any atom is -0.397 e. The second-order valence-electron chi connectivity index (χ2n) is 4.09. The van der Waals surface area contributed by atoms with E-state index in [1.807, 2.05) is 0 Å². The Morgan fingerprint density at radius 2 is 1.89 bits per heavy atom. The Labute approximate surface area is 108 Å². The van der Waals surface area contributed by atoms with Crippen molar-refractivity contribution in [3.8, 4) is 0 Å². The highest BCUT2D eigenvalue weighted by Gasteiger charge is 2.33. The fourth-order valence-electron chi connectivity index (χ4n) is 1.61. The molecular weight excluding hydrogens is 255 g/mol. The third kappa shape index (κ3) is 2.96. The van der Waals surface area contributed by atoms with Crippen LogP contribution in [-0.4, -0.2) is 4.98 Å². The molecule has 0 unspecified atom stereocenters. The van der Waals surface area contributed by atoms with Gasteiger partial charge in [0.25, 0.3) is 0 Å². The predicted octanol–water partition coefficient (Wildman–Crippen LogP) is 3.73. The van der Waals surface area contributed by atoms with Crippen molar-refractivity contribution in [2.75, 3.05) is 11.1 Å². The van der Waals surface area contributed by atoms with Crippen LogP contribution in [0.3, 0.4) is 0 Å². The highest BCUT2D eigenvalue weighted by molar-refractivity contribution is 5.63. The summed E-state index contributed by atoms with van der Waals surface area (Å²) in [6, 6.07) is 6.85. The van der Waals surface area contributed by atoms with Crippen molar-refractivity contribution in [1.29, 1.82) is 0 Å². The lowest BCUT2D eigenvalue weighted by atomic mass is 10.1. The number of aromatic nitrogens is 1. The number of nitrogen functional groups attached to an aromatic ring is 1. The molecule has 100 valence electrons. The third-order valence-electron chi connectivity index (χ3n) is 2.65. The Morgan fingerprint density at radius 1 is 1.21 bits per heavy atom. The summed E-state index contributed by atoms with van der Waals surface area (Å²) < 4.78 is 38.4. The Kier molecular flexibility index (Phi) is 3.33. The molecule has 0 amide bonds. The molecule has 1 aromatic carbocycles. The van der Waals surface area contributed by atoms with Gasteiger partial charge in [-0.1, -0.05) is 12.1 Å². The highest BCUT2D eigenvalue weighted by atomic mass is 19.4. The van der Waals surface area contributed by atoms with Crippen LogP contribution in [0, 0.1) is 6.92 Å². The zero-order valence-electron chi connectivity index (χ0n) is 10.1. The van der Waals surface area contributed by atoms with E-state index in [0.29, 0.717) is 11.5 Å². The first-order valence-electron chi connectivity index (χ1n) is 5.53. The largest absolute Gasteiger partial charge is 0.418 e. The van der Waals surface area contributed by atoms with E-state index in [4.69, 9.17) is 5.73 Å². The van der Waals surface area contributed by atoms with Crippen LogP contribution >= 0.6 is 0 Å². The van der Waals surface area contributed by atoms with E-state index in [9.17, 15) is 13.2 Å². The average molecular weight is 267 g/mol. The second-order valence-corrected chi connectivity index (χ2v) is 4.09. The lowest BCUT2D eigenvalue weighted by molar-refractivity contribution is -0.136. The smallest absolute Gasteiger partial charge is 0.397 e. The maximum atomic E-state index is 12.8. The highest BCUT2D eigenvalue weighted by Crippen LogP contribution is 2.35. The Balaban J connectivity index is 2.36. The van der Waals surface area contributed by atoms with E-state index >= 15 is 0 Å². The van der Waals surface area contributed by atoms with Gasteiger partial charge in [-0.3, -0.25) is 0 Å². The van der Waals surface area contributed by atoms with Crippen molar-refractivity contribution in [2.24, 2.45) is 0 Å². The number of alkyl halides is 3. The number of para-hydroxylation sites is 1. The number of nitrogens with zero attached hydrogens (tertiary/aromatic N) is 1. The summed E-state index contributed by atoms with van der Waals surface area (Å²) >= 11 is 0. The van der Waals surface area contributed by atoms with Gasteiger partial charge in [0, 0.05) is 0 Å². The van der Waals surface area contributed by atoms with E-state index < -0.39 is 11.7 Å². The summed E-state index contributed by atoms with van der Waals surface area (Å²) in [5.41, 5.74) is 6.09. The standard InChI is InChI=1S/C13H12F3N3/c1-8-6-12(18-7-10(8)17)19-11-5-3-2-4-9(11)13(14,15)16/h2-7H,17H2,1H3,(H,18,19). The molecule has 0 aliphatic carbocycles. The quantitative estimate of drug-likeness (QED) is 0.871. The third-order valence-corrected chi connectivity index (χ3v) is 2.65. The maximum Gasteiger partial charge on any atom is 0.418 e. The van der Waals surface area contributed by atoms with Crippen LogP contribution in [0.5, 0.6) is 0 Å². The molecule has 0 spiro atoms. The zero-order chi connectivity index (χ0) is 14.0. The summed E-state index contributed by atoms with van der Waals surface area (Å²) in [4.78, 5) is 3.95. The summed E-state index contributed by atoms with van der Waals surface area (Å²) in [5, 5.41) is 2.66. The van der Waals surface area contributed by atoms with Gasteiger partial charge in [-0.05, 0) is 30.7 Å². The number of hydrogen-bond donors (Lipinski definition) is 2. The fraction of sp³-hybridized carbons (Fsp3) is 0.154. The number of aryl methyl sites for hydroxylation is 1. The number of nitrogens with one attached hydrogen (secondary N) is 1. The molecule has 0 saturated carbocycles. The Bertz CT molecular complexity index is 594. The van der Waals surface area contributed by atoms with Gasteiger partial charge in [-0.15, -0.1) is 0 Å². The van der Waals surface area contributed by atoms with Crippen molar-refractivity contribution in [3.05, 3.63) is 47.7 Å². The van der Waals surface area contributed by atoms with Gasteiger partial charge < -0.3 is 11.1 Å². The number of benzene rings is 1. The molecule has 0 fully saturated rings. The van der Waals surface area contributed by atoms with E-state index in [0.717, 1.165) is 11.6 Å². The minimum absolute atomic E-state index is 0.0355. The Hall–Kier alpha value is -2.24.